The second kappa shape index (κ2) is 8.90. The molecule has 1 aliphatic carbocycles. The largest absolute Gasteiger partial charge is 0.480 e. The van der Waals surface area contributed by atoms with Gasteiger partial charge in [0.15, 0.2) is 0 Å². The normalized spacial score (nSPS) is 13.3. The summed E-state index contributed by atoms with van der Waals surface area (Å²) in [5.74, 6) is -1.98. The fourth-order valence-corrected chi connectivity index (χ4v) is 1.42. The van der Waals surface area contributed by atoms with E-state index in [4.69, 9.17) is 5.11 Å². The van der Waals surface area contributed by atoms with E-state index in [1.165, 1.54) is 0 Å². The molecule has 1 fully saturated rings. The van der Waals surface area contributed by atoms with Gasteiger partial charge in [-0.3, -0.25) is 14.9 Å². The van der Waals surface area contributed by atoms with E-state index in [9.17, 15) is 19.2 Å². The molecule has 0 aromatic heterocycles. The Labute approximate surface area is 121 Å². The maximum Gasteiger partial charge on any atom is 0.329 e. The van der Waals surface area contributed by atoms with Gasteiger partial charge in [-0.2, -0.15) is 0 Å². The summed E-state index contributed by atoms with van der Waals surface area (Å²) in [5.41, 5.74) is 0. The molecule has 0 unspecified atom stereocenters. The predicted octanol–water partition coefficient (Wildman–Crippen LogP) is -1.03. The smallest absolute Gasteiger partial charge is 0.329 e. The van der Waals surface area contributed by atoms with Crippen molar-refractivity contribution in [3.8, 4) is 0 Å². The quantitative estimate of drug-likeness (QED) is 0.402. The number of amides is 4. The Morgan fingerprint density at radius 2 is 1.81 bits per heavy atom. The zero-order valence-corrected chi connectivity index (χ0v) is 11.5. The van der Waals surface area contributed by atoms with Gasteiger partial charge in [0.2, 0.25) is 5.91 Å². The maximum absolute atomic E-state index is 11.3. The molecule has 0 heterocycles. The van der Waals surface area contributed by atoms with E-state index in [1.54, 1.807) is 0 Å². The van der Waals surface area contributed by atoms with Crippen LogP contribution in [0.2, 0.25) is 0 Å². The predicted molar refractivity (Wildman–Crippen MR) is 70.4 cm³/mol. The Bertz CT molecular complexity index is 408. The number of aliphatic carboxylic acids is 1. The van der Waals surface area contributed by atoms with Crippen LogP contribution in [0, 0.1) is 0 Å². The van der Waals surface area contributed by atoms with E-state index in [1.807, 2.05) is 5.32 Å². The molecule has 0 atom stereocenters. The molecule has 0 spiro atoms. The van der Waals surface area contributed by atoms with Gasteiger partial charge in [-0.25, -0.2) is 9.59 Å². The number of carbonyl (C=O) groups excluding carboxylic acids is 3. The monoisotopic (exact) mass is 301 g/mol. The molecule has 0 aromatic carbocycles. The van der Waals surface area contributed by atoms with Crippen LogP contribution in [0.15, 0.2) is 0 Å². The number of carboxylic acid groups (broad SMARTS) is 1. The highest BCUT2D eigenvalue weighted by atomic mass is 16.5. The first kappa shape index (κ1) is 16.9. The number of rotatable bonds is 9. The Morgan fingerprint density at radius 1 is 1.10 bits per heavy atom. The van der Waals surface area contributed by atoms with Crippen molar-refractivity contribution in [3.05, 3.63) is 0 Å². The standard InChI is InChI=1S/C12H19N3O6/c16-9(14-8-3-4-8)2-1-5-13-12(20)15-10(17)6-21-7-11(18)19/h8H,1-7H2,(H,14,16)(H,18,19)(H2,13,15,17,20). The van der Waals surface area contributed by atoms with Crippen LogP contribution in [0.5, 0.6) is 0 Å². The van der Waals surface area contributed by atoms with Gasteiger partial charge in [-0.15, -0.1) is 0 Å². The van der Waals surface area contributed by atoms with Gasteiger partial charge < -0.3 is 20.5 Å². The molecule has 0 bridgehead atoms. The molecule has 1 aliphatic rings. The van der Waals surface area contributed by atoms with E-state index < -0.39 is 31.1 Å². The van der Waals surface area contributed by atoms with Crippen molar-refractivity contribution < 1.29 is 29.0 Å². The second-order valence-corrected chi connectivity index (χ2v) is 4.64. The van der Waals surface area contributed by atoms with Crippen molar-refractivity contribution in [1.82, 2.24) is 16.0 Å². The zero-order valence-electron chi connectivity index (χ0n) is 11.5. The zero-order chi connectivity index (χ0) is 15.7. The number of hydrogen-bond donors (Lipinski definition) is 4. The first-order valence-corrected chi connectivity index (χ1v) is 6.64. The Balaban J connectivity index is 1.98. The summed E-state index contributed by atoms with van der Waals surface area (Å²) >= 11 is 0. The van der Waals surface area contributed by atoms with E-state index in [2.05, 4.69) is 15.4 Å². The molecule has 118 valence electrons. The highest BCUT2D eigenvalue weighted by Gasteiger charge is 2.22. The van der Waals surface area contributed by atoms with E-state index >= 15 is 0 Å². The van der Waals surface area contributed by atoms with Crippen molar-refractivity contribution in [2.75, 3.05) is 19.8 Å². The van der Waals surface area contributed by atoms with Crippen LogP contribution >= 0.6 is 0 Å². The minimum Gasteiger partial charge on any atom is -0.480 e. The van der Waals surface area contributed by atoms with Crippen molar-refractivity contribution in [1.29, 1.82) is 0 Å². The fraction of sp³-hybridized carbons (Fsp3) is 0.667. The Hall–Kier alpha value is -2.16. The molecule has 0 radical (unpaired) electrons. The molecule has 1 rings (SSSR count). The highest BCUT2D eigenvalue weighted by Crippen LogP contribution is 2.18. The number of nitrogens with one attached hydrogen (secondary N) is 3. The lowest BCUT2D eigenvalue weighted by Crippen LogP contribution is -2.41. The SMILES string of the molecule is O=C(O)COCC(=O)NC(=O)NCCCC(=O)NC1CC1. The lowest BCUT2D eigenvalue weighted by atomic mass is 10.3. The molecule has 9 nitrogen and oxygen atoms in total. The van der Waals surface area contributed by atoms with Crippen molar-refractivity contribution in [2.24, 2.45) is 0 Å². The molecule has 9 heteroatoms. The van der Waals surface area contributed by atoms with Crippen LogP contribution in [0.25, 0.3) is 0 Å². The van der Waals surface area contributed by atoms with Gasteiger partial charge in [0.25, 0.3) is 5.91 Å². The average molecular weight is 301 g/mol. The number of hydrogen-bond acceptors (Lipinski definition) is 5. The lowest BCUT2D eigenvalue weighted by molar-refractivity contribution is -0.143. The minimum atomic E-state index is -1.20. The number of carbonyl (C=O) groups is 4. The number of carboxylic acids is 1. The molecule has 0 aromatic rings. The summed E-state index contributed by atoms with van der Waals surface area (Å²) in [6.07, 6.45) is 2.83. The topological polar surface area (TPSA) is 134 Å². The number of urea groups is 1. The van der Waals surface area contributed by atoms with Gasteiger partial charge in [0.05, 0.1) is 0 Å². The van der Waals surface area contributed by atoms with Crippen LogP contribution in [0.4, 0.5) is 4.79 Å². The third-order valence-electron chi connectivity index (χ3n) is 2.52. The molecule has 4 amide bonds. The highest BCUT2D eigenvalue weighted by molar-refractivity contribution is 5.94. The summed E-state index contributed by atoms with van der Waals surface area (Å²) in [5, 5.41) is 15.5. The summed E-state index contributed by atoms with van der Waals surface area (Å²) < 4.78 is 4.51. The molecule has 4 N–H and O–H groups in total. The van der Waals surface area contributed by atoms with Gasteiger partial charge in [-0.1, -0.05) is 0 Å². The Morgan fingerprint density at radius 3 is 2.43 bits per heavy atom. The first-order valence-electron chi connectivity index (χ1n) is 6.64. The van der Waals surface area contributed by atoms with Crippen LogP contribution in [0.1, 0.15) is 25.7 Å². The van der Waals surface area contributed by atoms with Crippen LogP contribution in [-0.4, -0.2) is 54.7 Å². The molecule has 0 saturated heterocycles. The van der Waals surface area contributed by atoms with Crippen molar-refractivity contribution in [2.45, 2.75) is 31.7 Å². The molecule has 21 heavy (non-hydrogen) atoms. The van der Waals surface area contributed by atoms with Crippen LogP contribution in [0.3, 0.4) is 0 Å². The summed E-state index contributed by atoms with van der Waals surface area (Å²) in [6.45, 7) is -0.859. The van der Waals surface area contributed by atoms with E-state index in [0.717, 1.165) is 12.8 Å². The summed E-state index contributed by atoms with van der Waals surface area (Å²) in [7, 11) is 0. The maximum atomic E-state index is 11.3. The van der Waals surface area contributed by atoms with E-state index in [0.29, 0.717) is 18.9 Å². The van der Waals surface area contributed by atoms with Crippen molar-refractivity contribution in [3.63, 3.8) is 0 Å². The van der Waals surface area contributed by atoms with Gasteiger partial charge in [0, 0.05) is 19.0 Å². The average Bonchev–Trinajstić information content (AvgIpc) is 3.18. The summed E-state index contributed by atoms with van der Waals surface area (Å²) in [6, 6.07) is -0.390. The summed E-state index contributed by atoms with van der Waals surface area (Å²) in [4.78, 5) is 43.9. The third-order valence-corrected chi connectivity index (χ3v) is 2.52. The molecule has 1 saturated carbocycles. The van der Waals surface area contributed by atoms with Crippen LogP contribution in [-0.2, 0) is 19.1 Å². The van der Waals surface area contributed by atoms with Crippen LogP contribution < -0.4 is 16.0 Å². The molecular weight excluding hydrogens is 282 g/mol. The lowest BCUT2D eigenvalue weighted by Gasteiger charge is -2.07. The number of ether oxygens (including phenoxy) is 1. The third kappa shape index (κ3) is 9.38. The molecule has 0 aliphatic heterocycles. The fourth-order valence-electron chi connectivity index (χ4n) is 1.42. The minimum absolute atomic E-state index is 0.0437. The van der Waals surface area contributed by atoms with Crippen molar-refractivity contribution >= 4 is 23.8 Å². The van der Waals surface area contributed by atoms with Gasteiger partial charge in [-0.05, 0) is 19.3 Å². The first-order chi connectivity index (χ1) is 9.97. The van der Waals surface area contributed by atoms with E-state index in [-0.39, 0.29) is 12.5 Å². The molecular formula is C12H19N3O6. The second-order valence-electron chi connectivity index (χ2n) is 4.64. The van der Waals surface area contributed by atoms with Gasteiger partial charge in [0.1, 0.15) is 13.2 Å². The van der Waals surface area contributed by atoms with Gasteiger partial charge >= 0.3 is 12.0 Å². The number of imide groups is 1. The Kier molecular flexibility index (Phi) is 7.16.